The zero-order valence-corrected chi connectivity index (χ0v) is 13.0. The molecule has 6 nitrogen and oxygen atoms in total. The van der Waals surface area contributed by atoms with E-state index >= 15 is 0 Å². The van der Waals surface area contributed by atoms with Gasteiger partial charge in [-0.25, -0.2) is 9.78 Å². The van der Waals surface area contributed by atoms with Crippen molar-refractivity contribution in [3.8, 4) is 22.6 Å². The second-order valence-corrected chi connectivity index (χ2v) is 4.96. The molecule has 6 heteroatoms. The number of nitrogens with one attached hydrogen (secondary N) is 1. The van der Waals surface area contributed by atoms with E-state index in [2.05, 4.69) is 15.0 Å². The number of carbonyl (C=O) groups is 1. The van der Waals surface area contributed by atoms with Gasteiger partial charge in [-0.2, -0.15) is 0 Å². The topological polar surface area (TPSA) is 84.9 Å². The van der Waals surface area contributed by atoms with Gasteiger partial charge in [0.15, 0.2) is 5.56 Å². The van der Waals surface area contributed by atoms with Crippen LogP contribution in [0.5, 0.6) is 0 Å². The van der Waals surface area contributed by atoms with E-state index in [0.717, 1.165) is 0 Å². The van der Waals surface area contributed by atoms with Crippen molar-refractivity contribution in [2.24, 2.45) is 0 Å². The Morgan fingerprint density at radius 3 is 2.46 bits per heavy atom. The average Bonchev–Trinajstić information content (AvgIpc) is 2.62. The molecule has 0 aliphatic carbocycles. The lowest BCUT2D eigenvalue weighted by Gasteiger charge is -2.10. The van der Waals surface area contributed by atoms with Gasteiger partial charge in [-0.05, 0) is 19.1 Å². The molecule has 0 aliphatic heterocycles. The van der Waals surface area contributed by atoms with Gasteiger partial charge in [-0.1, -0.05) is 30.3 Å². The summed E-state index contributed by atoms with van der Waals surface area (Å²) in [4.78, 5) is 35.8. The molecule has 3 rings (SSSR count). The normalized spacial score (nSPS) is 10.4. The standard InChI is InChI=1S/C18H15N3O3/c1-2-24-18(23)14-15(12-6-4-3-5-7-12)20-16(21-17(14)22)13-8-10-19-11-9-13/h3-11H,2H2,1H3,(H,20,21,22). The van der Waals surface area contributed by atoms with Gasteiger partial charge in [0.05, 0.1) is 12.3 Å². The Kier molecular flexibility index (Phi) is 4.47. The Bertz CT molecular complexity index is 906. The lowest BCUT2D eigenvalue weighted by atomic mass is 10.1. The number of carbonyl (C=O) groups excluding carboxylic acids is 1. The number of rotatable bonds is 4. The fourth-order valence-electron chi connectivity index (χ4n) is 2.32. The number of aromatic nitrogens is 3. The number of aromatic amines is 1. The molecule has 120 valence electrons. The predicted molar refractivity (Wildman–Crippen MR) is 89.5 cm³/mol. The van der Waals surface area contributed by atoms with Crippen molar-refractivity contribution in [2.75, 3.05) is 6.61 Å². The third-order valence-electron chi connectivity index (χ3n) is 3.40. The SMILES string of the molecule is CCOC(=O)c1c(-c2ccccc2)nc(-c2ccncc2)[nH]c1=O. The van der Waals surface area contributed by atoms with E-state index in [9.17, 15) is 9.59 Å². The van der Waals surface area contributed by atoms with Gasteiger partial charge in [0.25, 0.3) is 5.56 Å². The Morgan fingerprint density at radius 1 is 1.08 bits per heavy atom. The van der Waals surface area contributed by atoms with E-state index in [1.807, 2.05) is 18.2 Å². The quantitative estimate of drug-likeness (QED) is 0.747. The maximum absolute atomic E-state index is 12.5. The molecule has 0 saturated heterocycles. The maximum Gasteiger partial charge on any atom is 0.346 e. The molecule has 0 aliphatic rings. The highest BCUT2D eigenvalue weighted by Crippen LogP contribution is 2.22. The second kappa shape index (κ2) is 6.87. The van der Waals surface area contributed by atoms with E-state index in [-0.39, 0.29) is 12.2 Å². The van der Waals surface area contributed by atoms with Crippen LogP contribution < -0.4 is 5.56 Å². The molecule has 24 heavy (non-hydrogen) atoms. The number of nitrogens with zero attached hydrogens (tertiary/aromatic N) is 2. The summed E-state index contributed by atoms with van der Waals surface area (Å²) >= 11 is 0. The number of esters is 1. The molecule has 0 amide bonds. The number of H-pyrrole nitrogens is 1. The number of pyridine rings is 1. The van der Waals surface area contributed by atoms with Gasteiger partial charge < -0.3 is 9.72 Å². The van der Waals surface area contributed by atoms with Gasteiger partial charge in [-0.3, -0.25) is 9.78 Å². The molecule has 1 aromatic carbocycles. The first-order valence-corrected chi connectivity index (χ1v) is 7.48. The van der Waals surface area contributed by atoms with Crippen LogP contribution in [0.1, 0.15) is 17.3 Å². The van der Waals surface area contributed by atoms with Crippen LogP contribution in [0.15, 0.2) is 59.7 Å². The van der Waals surface area contributed by atoms with E-state index in [4.69, 9.17) is 4.74 Å². The molecule has 2 heterocycles. The van der Waals surface area contributed by atoms with Crippen molar-refractivity contribution in [3.05, 3.63) is 70.8 Å². The summed E-state index contributed by atoms with van der Waals surface area (Å²) in [7, 11) is 0. The van der Waals surface area contributed by atoms with Crippen molar-refractivity contribution in [1.29, 1.82) is 0 Å². The van der Waals surface area contributed by atoms with Gasteiger partial charge in [0.2, 0.25) is 0 Å². The number of hydrogen-bond donors (Lipinski definition) is 1. The van der Waals surface area contributed by atoms with Gasteiger partial charge >= 0.3 is 5.97 Å². The first kappa shape index (κ1) is 15.6. The van der Waals surface area contributed by atoms with Gasteiger partial charge in [0, 0.05) is 23.5 Å². The summed E-state index contributed by atoms with van der Waals surface area (Å²) in [5.41, 5.74) is 1.04. The summed E-state index contributed by atoms with van der Waals surface area (Å²) in [6.45, 7) is 1.87. The molecular weight excluding hydrogens is 306 g/mol. The van der Waals surface area contributed by atoms with Crippen LogP contribution >= 0.6 is 0 Å². The van der Waals surface area contributed by atoms with Crippen LogP contribution in [-0.2, 0) is 4.74 Å². The minimum atomic E-state index is -0.689. The molecule has 0 saturated carbocycles. The largest absolute Gasteiger partial charge is 0.462 e. The zero-order valence-electron chi connectivity index (χ0n) is 13.0. The van der Waals surface area contributed by atoms with E-state index in [1.165, 1.54) is 0 Å². The molecule has 0 fully saturated rings. The minimum absolute atomic E-state index is 0.0964. The Hall–Kier alpha value is -3.28. The van der Waals surface area contributed by atoms with Gasteiger partial charge in [-0.15, -0.1) is 0 Å². The Labute approximate surface area is 138 Å². The van der Waals surface area contributed by atoms with Crippen LogP contribution in [0, 0.1) is 0 Å². The van der Waals surface area contributed by atoms with Crippen LogP contribution in [0.2, 0.25) is 0 Å². The van der Waals surface area contributed by atoms with E-state index in [1.54, 1.807) is 43.6 Å². The summed E-state index contributed by atoms with van der Waals surface area (Å²) < 4.78 is 5.01. The third-order valence-corrected chi connectivity index (χ3v) is 3.40. The molecule has 3 aromatic rings. The lowest BCUT2D eigenvalue weighted by Crippen LogP contribution is -2.23. The average molecular weight is 321 g/mol. The third kappa shape index (κ3) is 3.08. The number of benzene rings is 1. The minimum Gasteiger partial charge on any atom is -0.462 e. The monoisotopic (exact) mass is 321 g/mol. The number of ether oxygens (including phenoxy) is 1. The van der Waals surface area contributed by atoms with Crippen LogP contribution in [0.25, 0.3) is 22.6 Å². The lowest BCUT2D eigenvalue weighted by molar-refractivity contribution is 0.0525. The van der Waals surface area contributed by atoms with Crippen molar-refractivity contribution in [3.63, 3.8) is 0 Å². The van der Waals surface area contributed by atoms with Crippen LogP contribution in [0.4, 0.5) is 0 Å². The van der Waals surface area contributed by atoms with Gasteiger partial charge in [0.1, 0.15) is 5.82 Å². The summed E-state index contributed by atoms with van der Waals surface area (Å²) in [6, 6.07) is 12.5. The fourth-order valence-corrected chi connectivity index (χ4v) is 2.32. The Balaban J connectivity index is 2.24. The van der Waals surface area contributed by atoms with Crippen molar-refractivity contribution in [1.82, 2.24) is 15.0 Å². The summed E-state index contributed by atoms with van der Waals surface area (Å²) in [5.74, 6) is -0.319. The van der Waals surface area contributed by atoms with Crippen molar-refractivity contribution >= 4 is 5.97 Å². The highest BCUT2D eigenvalue weighted by molar-refractivity contribution is 5.96. The first-order valence-electron chi connectivity index (χ1n) is 7.48. The molecule has 0 atom stereocenters. The van der Waals surface area contributed by atoms with Crippen molar-refractivity contribution in [2.45, 2.75) is 6.92 Å². The predicted octanol–water partition coefficient (Wildman–Crippen LogP) is 2.68. The number of hydrogen-bond acceptors (Lipinski definition) is 5. The second-order valence-electron chi connectivity index (χ2n) is 4.96. The molecule has 0 spiro atoms. The molecule has 0 unspecified atom stereocenters. The van der Waals surface area contributed by atoms with Crippen molar-refractivity contribution < 1.29 is 9.53 Å². The molecule has 2 aromatic heterocycles. The highest BCUT2D eigenvalue weighted by Gasteiger charge is 2.21. The highest BCUT2D eigenvalue weighted by atomic mass is 16.5. The van der Waals surface area contributed by atoms with Crippen LogP contribution in [0.3, 0.4) is 0 Å². The van der Waals surface area contributed by atoms with E-state index in [0.29, 0.717) is 22.6 Å². The molecular formula is C18H15N3O3. The Morgan fingerprint density at radius 2 is 1.79 bits per heavy atom. The van der Waals surface area contributed by atoms with E-state index < -0.39 is 11.5 Å². The first-order chi connectivity index (χ1) is 11.7. The summed E-state index contributed by atoms with van der Waals surface area (Å²) in [5, 5.41) is 0. The zero-order chi connectivity index (χ0) is 16.9. The van der Waals surface area contributed by atoms with Crippen LogP contribution in [-0.4, -0.2) is 27.5 Å². The smallest absolute Gasteiger partial charge is 0.346 e. The molecule has 0 radical (unpaired) electrons. The summed E-state index contributed by atoms with van der Waals surface area (Å²) in [6.07, 6.45) is 3.22. The molecule has 0 bridgehead atoms. The molecule has 1 N–H and O–H groups in total. The maximum atomic E-state index is 12.5. The fraction of sp³-hybridized carbons (Fsp3) is 0.111.